The lowest BCUT2D eigenvalue weighted by molar-refractivity contribution is 0.0171. The van der Waals surface area contributed by atoms with Crippen LogP contribution in [-0.2, 0) is 14.2 Å². The zero-order valence-corrected chi connectivity index (χ0v) is 18.1. The summed E-state index contributed by atoms with van der Waals surface area (Å²) >= 11 is 0. The molecule has 2 aliphatic rings. The van der Waals surface area contributed by atoms with Crippen molar-refractivity contribution in [1.82, 2.24) is 10.6 Å². The molecule has 0 bridgehead atoms. The summed E-state index contributed by atoms with van der Waals surface area (Å²) < 4.78 is 17.2. The number of unbranched alkanes of at least 4 members (excludes halogenated alkanes) is 2. The molecule has 2 rings (SSSR count). The molecule has 0 spiro atoms. The Morgan fingerprint density at radius 1 is 0.964 bits per heavy atom. The van der Waals surface area contributed by atoms with Gasteiger partial charge in [-0.05, 0) is 58.3 Å². The Balaban J connectivity index is 1.42. The zero-order chi connectivity index (χ0) is 19.7. The monoisotopic (exact) mass is 397 g/mol. The Bertz CT molecular complexity index is 394. The van der Waals surface area contributed by atoms with E-state index in [9.17, 15) is 0 Å². The average molecular weight is 398 g/mol. The number of rotatable bonds is 14. The van der Waals surface area contributed by atoms with Gasteiger partial charge < -0.3 is 24.8 Å². The molecule has 28 heavy (non-hydrogen) atoms. The first-order valence-electron chi connectivity index (χ1n) is 11.7. The highest BCUT2D eigenvalue weighted by Crippen LogP contribution is 2.20. The van der Waals surface area contributed by atoms with Gasteiger partial charge >= 0.3 is 0 Å². The number of ether oxygens (including phenoxy) is 3. The molecule has 2 fully saturated rings. The molecular formula is C22H43N3O3. The van der Waals surface area contributed by atoms with E-state index in [1.165, 1.54) is 44.9 Å². The van der Waals surface area contributed by atoms with Gasteiger partial charge in [0.25, 0.3) is 0 Å². The van der Waals surface area contributed by atoms with E-state index >= 15 is 0 Å². The molecule has 0 amide bonds. The summed E-state index contributed by atoms with van der Waals surface area (Å²) in [4.78, 5) is 4.64. The Labute approximate surface area is 172 Å². The van der Waals surface area contributed by atoms with Gasteiger partial charge in [0, 0.05) is 39.5 Å². The van der Waals surface area contributed by atoms with Crippen LogP contribution in [0.25, 0.3) is 0 Å². The summed E-state index contributed by atoms with van der Waals surface area (Å²) in [6.07, 6.45) is 14.3. The van der Waals surface area contributed by atoms with Crippen LogP contribution in [0.15, 0.2) is 4.99 Å². The van der Waals surface area contributed by atoms with Crippen LogP contribution in [0.1, 0.15) is 77.6 Å². The third-order valence-electron chi connectivity index (χ3n) is 5.41. The fourth-order valence-electron chi connectivity index (χ4n) is 3.78. The minimum absolute atomic E-state index is 0.315. The van der Waals surface area contributed by atoms with Gasteiger partial charge in [-0.1, -0.05) is 19.3 Å². The molecular weight excluding hydrogens is 354 g/mol. The molecule has 1 heterocycles. The van der Waals surface area contributed by atoms with E-state index in [0.29, 0.717) is 12.2 Å². The van der Waals surface area contributed by atoms with Gasteiger partial charge in [-0.3, -0.25) is 4.99 Å². The van der Waals surface area contributed by atoms with E-state index in [-0.39, 0.29) is 0 Å². The van der Waals surface area contributed by atoms with Crippen molar-refractivity contribution in [3.05, 3.63) is 0 Å². The van der Waals surface area contributed by atoms with E-state index in [0.717, 1.165) is 77.7 Å². The highest BCUT2D eigenvalue weighted by Gasteiger charge is 2.15. The SMILES string of the molecule is CCNC(=NCCCOCC1CCCO1)NCCCCCOC1CCCCC1. The van der Waals surface area contributed by atoms with Gasteiger partial charge in [-0.25, -0.2) is 0 Å². The van der Waals surface area contributed by atoms with Crippen molar-refractivity contribution in [2.75, 3.05) is 46.1 Å². The van der Waals surface area contributed by atoms with Crippen LogP contribution in [-0.4, -0.2) is 64.2 Å². The molecule has 0 aromatic carbocycles. The Hall–Kier alpha value is -0.850. The van der Waals surface area contributed by atoms with Crippen molar-refractivity contribution >= 4 is 5.96 Å². The first-order chi connectivity index (χ1) is 13.9. The topological polar surface area (TPSA) is 64.1 Å². The third-order valence-corrected chi connectivity index (χ3v) is 5.41. The fraction of sp³-hybridized carbons (Fsp3) is 0.955. The smallest absolute Gasteiger partial charge is 0.191 e. The molecule has 1 saturated heterocycles. The van der Waals surface area contributed by atoms with Gasteiger partial charge in [0.15, 0.2) is 5.96 Å². The van der Waals surface area contributed by atoms with Crippen molar-refractivity contribution in [3.63, 3.8) is 0 Å². The predicted octanol–water partition coefficient (Wildman–Crippen LogP) is 3.65. The number of aliphatic imine (C=N–C) groups is 1. The molecule has 0 radical (unpaired) electrons. The number of nitrogens with zero attached hydrogens (tertiary/aromatic N) is 1. The first kappa shape index (κ1) is 23.4. The van der Waals surface area contributed by atoms with Gasteiger partial charge in [0.05, 0.1) is 18.8 Å². The summed E-state index contributed by atoms with van der Waals surface area (Å²) in [5.74, 6) is 0.917. The molecule has 6 nitrogen and oxygen atoms in total. The molecule has 1 atom stereocenters. The maximum absolute atomic E-state index is 5.99. The summed E-state index contributed by atoms with van der Waals surface area (Å²) in [7, 11) is 0. The largest absolute Gasteiger partial charge is 0.379 e. The summed E-state index contributed by atoms with van der Waals surface area (Å²) in [6, 6.07) is 0. The number of hydrogen-bond acceptors (Lipinski definition) is 4. The van der Waals surface area contributed by atoms with E-state index in [1.54, 1.807) is 0 Å². The molecule has 6 heteroatoms. The molecule has 0 aromatic heterocycles. The van der Waals surface area contributed by atoms with E-state index in [4.69, 9.17) is 14.2 Å². The van der Waals surface area contributed by atoms with E-state index in [1.807, 2.05) is 0 Å². The van der Waals surface area contributed by atoms with Gasteiger partial charge in [-0.2, -0.15) is 0 Å². The molecule has 1 unspecified atom stereocenters. The molecule has 0 aromatic rings. The van der Waals surface area contributed by atoms with Gasteiger partial charge in [0.1, 0.15) is 0 Å². The molecule has 164 valence electrons. The van der Waals surface area contributed by atoms with Gasteiger partial charge in [-0.15, -0.1) is 0 Å². The maximum Gasteiger partial charge on any atom is 0.191 e. The minimum Gasteiger partial charge on any atom is -0.379 e. The Morgan fingerprint density at radius 2 is 1.86 bits per heavy atom. The standard InChI is InChI=1S/C22H43N3O3/c1-2-23-22(25-15-10-16-26-19-21-13-9-18-28-21)24-14-7-4-8-17-27-20-11-5-3-6-12-20/h20-21H,2-19H2,1H3,(H2,23,24,25). The molecule has 1 aliphatic heterocycles. The highest BCUT2D eigenvalue weighted by molar-refractivity contribution is 5.79. The normalized spacial score (nSPS) is 21.2. The van der Waals surface area contributed by atoms with Crippen molar-refractivity contribution in [2.24, 2.45) is 4.99 Å². The Morgan fingerprint density at radius 3 is 2.64 bits per heavy atom. The van der Waals surface area contributed by atoms with Crippen LogP contribution in [0.3, 0.4) is 0 Å². The van der Waals surface area contributed by atoms with Crippen molar-refractivity contribution < 1.29 is 14.2 Å². The average Bonchev–Trinajstić information content (AvgIpc) is 3.24. The zero-order valence-electron chi connectivity index (χ0n) is 18.1. The van der Waals surface area contributed by atoms with Crippen LogP contribution < -0.4 is 10.6 Å². The lowest BCUT2D eigenvalue weighted by Crippen LogP contribution is -2.37. The van der Waals surface area contributed by atoms with Crippen LogP contribution in [0, 0.1) is 0 Å². The van der Waals surface area contributed by atoms with E-state index in [2.05, 4.69) is 22.5 Å². The maximum atomic E-state index is 5.99. The lowest BCUT2D eigenvalue weighted by atomic mass is 9.98. The number of nitrogens with one attached hydrogen (secondary N) is 2. The van der Waals surface area contributed by atoms with Crippen molar-refractivity contribution in [1.29, 1.82) is 0 Å². The predicted molar refractivity (Wildman–Crippen MR) is 115 cm³/mol. The molecule has 1 aliphatic carbocycles. The second-order valence-electron chi connectivity index (χ2n) is 7.94. The number of hydrogen-bond donors (Lipinski definition) is 2. The summed E-state index contributed by atoms with van der Waals surface area (Å²) in [5.41, 5.74) is 0. The quantitative estimate of drug-likeness (QED) is 0.266. The van der Waals surface area contributed by atoms with E-state index < -0.39 is 0 Å². The highest BCUT2D eigenvalue weighted by atomic mass is 16.5. The first-order valence-corrected chi connectivity index (χ1v) is 11.7. The number of guanidine groups is 1. The van der Waals surface area contributed by atoms with Crippen molar-refractivity contribution in [3.8, 4) is 0 Å². The van der Waals surface area contributed by atoms with Crippen LogP contribution >= 0.6 is 0 Å². The van der Waals surface area contributed by atoms with Crippen LogP contribution in [0.2, 0.25) is 0 Å². The minimum atomic E-state index is 0.315. The van der Waals surface area contributed by atoms with Crippen molar-refractivity contribution in [2.45, 2.75) is 89.8 Å². The molecule has 2 N–H and O–H groups in total. The van der Waals surface area contributed by atoms with Crippen LogP contribution in [0.4, 0.5) is 0 Å². The summed E-state index contributed by atoms with van der Waals surface area (Å²) in [6.45, 7) is 8.03. The molecule has 1 saturated carbocycles. The second kappa shape index (κ2) is 16.0. The third kappa shape index (κ3) is 11.2. The Kier molecular flexibility index (Phi) is 13.4. The van der Waals surface area contributed by atoms with Crippen LogP contribution in [0.5, 0.6) is 0 Å². The van der Waals surface area contributed by atoms with Gasteiger partial charge in [0.2, 0.25) is 0 Å². The summed E-state index contributed by atoms with van der Waals surface area (Å²) in [5, 5.41) is 6.75. The second-order valence-corrected chi connectivity index (χ2v) is 7.94. The fourth-order valence-corrected chi connectivity index (χ4v) is 3.78. The lowest BCUT2D eigenvalue weighted by Gasteiger charge is -2.21.